The van der Waals surface area contributed by atoms with Gasteiger partial charge in [0.15, 0.2) is 0 Å². The molecule has 2 rings (SSSR count). The molecular weight excluding hydrogens is 351 g/mol. The van der Waals surface area contributed by atoms with E-state index in [4.69, 9.17) is 4.74 Å². The van der Waals surface area contributed by atoms with Crippen molar-refractivity contribution < 1.29 is 22.7 Å². The first-order valence-electron chi connectivity index (χ1n) is 6.52. The van der Waals surface area contributed by atoms with Crippen LogP contribution in [-0.2, 0) is 15.7 Å². The highest BCUT2D eigenvalue weighted by atomic mass is 79.9. The van der Waals surface area contributed by atoms with Gasteiger partial charge in [-0.3, -0.25) is 4.79 Å². The summed E-state index contributed by atoms with van der Waals surface area (Å²) in [6.07, 6.45) is -3.13. The number of piperidine rings is 1. The van der Waals surface area contributed by atoms with Crippen LogP contribution in [0.2, 0.25) is 0 Å². The summed E-state index contributed by atoms with van der Waals surface area (Å²) in [4.78, 5) is 13.2. The molecule has 0 N–H and O–H groups in total. The fourth-order valence-electron chi connectivity index (χ4n) is 2.56. The van der Waals surface area contributed by atoms with Crippen LogP contribution in [0.15, 0.2) is 22.7 Å². The molecule has 0 amide bonds. The molecule has 3 nitrogen and oxygen atoms in total. The van der Waals surface area contributed by atoms with Gasteiger partial charge in [-0.1, -0.05) is 15.9 Å². The first-order valence-corrected chi connectivity index (χ1v) is 7.31. The molecule has 0 spiro atoms. The molecule has 0 saturated carbocycles. The van der Waals surface area contributed by atoms with Crippen LogP contribution in [0.1, 0.15) is 18.4 Å². The van der Waals surface area contributed by atoms with Crippen LogP contribution in [0.3, 0.4) is 0 Å². The summed E-state index contributed by atoms with van der Waals surface area (Å²) in [5, 5.41) is 0. The monoisotopic (exact) mass is 365 g/mol. The lowest BCUT2D eigenvalue weighted by molar-refractivity contribution is -0.145. The van der Waals surface area contributed by atoms with Crippen molar-refractivity contribution in [1.29, 1.82) is 0 Å². The van der Waals surface area contributed by atoms with Gasteiger partial charge in [-0.15, -0.1) is 0 Å². The molecule has 21 heavy (non-hydrogen) atoms. The van der Waals surface area contributed by atoms with Crippen LogP contribution < -0.4 is 4.90 Å². The van der Waals surface area contributed by atoms with Crippen LogP contribution in [0.25, 0.3) is 0 Å². The highest BCUT2D eigenvalue weighted by Gasteiger charge is 2.36. The van der Waals surface area contributed by atoms with Gasteiger partial charge in [0.1, 0.15) is 0 Å². The zero-order chi connectivity index (χ0) is 15.6. The Kier molecular flexibility index (Phi) is 4.81. The van der Waals surface area contributed by atoms with E-state index in [0.717, 1.165) is 6.07 Å². The number of hydrogen-bond donors (Lipinski definition) is 0. The zero-order valence-electron chi connectivity index (χ0n) is 11.4. The lowest BCUT2D eigenvalue weighted by atomic mass is 9.97. The summed E-state index contributed by atoms with van der Waals surface area (Å²) in [6.45, 7) is 0.735. The molecule has 7 heteroatoms. The summed E-state index contributed by atoms with van der Waals surface area (Å²) in [5.74, 6) is -0.757. The molecule has 1 aromatic rings. The predicted molar refractivity (Wildman–Crippen MR) is 76.1 cm³/mol. The van der Waals surface area contributed by atoms with Crippen molar-refractivity contribution >= 4 is 27.6 Å². The summed E-state index contributed by atoms with van der Waals surface area (Å²) in [7, 11) is 1.29. The van der Waals surface area contributed by atoms with Crippen LogP contribution in [0.4, 0.5) is 18.9 Å². The van der Waals surface area contributed by atoms with E-state index in [1.807, 2.05) is 0 Å². The number of alkyl halides is 3. The largest absolute Gasteiger partial charge is 0.469 e. The summed E-state index contributed by atoms with van der Waals surface area (Å²) < 4.78 is 44.6. The Bertz CT molecular complexity index is 533. The first kappa shape index (κ1) is 16.1. The van der Waals surface area contributed by atoms with Gasteiger partial charge in [0.25, 0.3) is 0 Å². The quantitative estimate of drug-likeness (QED) is 0.745. The number of rotatable bonds is 2. The number of nitrogens with zero attached hydrogens (tertiary/aromatic N) is 1. The zero-order valence-corrected chi connectivity index (χ0v) is 13.0. The van der Waals surface area contributed by atoms with Gasteiger partial charge in [0, 0.05) is 17.6 Å². The minimum Gasteiger partial charge on any atom is -0.469 e. The fraction of sp³-hybridized carbons (Fsp3) is 0.500. The molecule has 1 heterocycles. The molecule has 1 aromatic carbocycles. The molecule has 0 radical (unpaired) electrons. The smallest absolute Gasteiger partial charge is 0.418 e. The summed E-state index contributed by atoms with van der Waals surface area (Å²) >= 11 is 3.20. The average Bonchev–Trinajstić information content (AvgIpc) is 2.45. The number of ether oxygens (including phenoxy) is 1. The Labute approximate surface area is 129 Å². The lowest BCUT2D eigenvalue weighted by Gasteiger charge is -2.34. The van der Waals surface area contributed by atoms with Gasteiger partial charge < -0.3 is 9.64 Å². The van der Waals surface area contributed by atoms with Gasteiger partial charge in [-0.2, -0.15) is 13.2 Å². The molecule has 1 aliphatic heterocycles. The Balaban J connectivity index is 2.32. The van der Waals surface area contributed by atoms with Crippen molar-refractivity contribution in [2.24, 2.45) is 5.92 Å². The van der Waals surface area contributed by atoms with Crippen molar-refractivity contribution in [2.75, 3.05) is 25.1 Å². The predicted octanol–water partition coefficient (Wildman–Crippen LogP) is 3.86. The standard InChI is InChI=1S/C14H15BrF3NO2/c1-21-13(20)9-3-2-6-19(8-9)12-7-10(15)4-5-11(12)14(16,17)18/h4-5,7,9H,2-3,6,8H2,1H3. The Morgan fingerprint density at radius 3 is 2.76 bits per heavy atom. The van der Waals surface area contributed by atoms with Crippen LogP contribution in [-0.4, -0.2) is 26.2 Å². The van der Waals surface area contributed by atoms with Crippen molar-refractivity contribution in [3.63, 3.8) is 0 Å². The average molecular weight is 366 g/mol. The maximum absolute atomic E-state index is 13.1. The molecule has 0 bridgehead atoms. The highest BCUT2D eigenvalue weighted by molar-refractivity contribution is 9.10. The molecule has 1 saturated heterocycles. The van der Waals surface area contributed by atoms with E-state index in [0.29, 0.717) is 23.9 Å². The second-order valence-electron chi connectivity index (χ2n) is 4.97. The van der Waals surface area contributed by atoms with Crippen molar-refractivity contribution in [1.82, 2.24) is 0 Å². The van der Waals surface area contributed by atoms with Crippen LogP contribution in [0.5, 0.6) is 0 Å². The number of halogens is 4. The molecule has 1 unspecified atom stereocenters. The minimum atomic E-state index is -4.42. The molecule has 1 aliphatic rings. The second kappa shape index (κ2) is 6.25. The van der Waals surface area contributed by atoms with Crippen molar-refractivity contribution in [3.8, 4) is 0 Å². The molecule has 116 valence electrons. The van der Waals surface area contributed by atoms with Gasteiger partial charge in [-0.05, 0) is 31.0 Å². The van der Waals surface area contributed by atoms with E-state index in [1.165, 1.54) is 19.2 Å². The van der Waals surface area contributed by atoms with E-state index in [2.05, 4.69) is 15.9 Å². The Morgan fingerprint density at radius 1 is 1.43 bits per heavy atom. The number of carbonyl (C=O) groups excluding carboxylic acids is 1. The Hall–Kier alpha value is -1.24. The molecular formula is C14H15BrF3NO2. The molecule has 0 aromatic heterocycles. The van der Waals surface area contributed by atoms with Crippen LogP contribution >= 0.6 is 15.9 Å². The summed E-state index contributed by atoms with van der Waals surface area (Å²) in [6, 6.07) is 3.87. The normalized spacial score (nSPS) is 19.5. The second-order valence-corrected chi connectivity index (χ2v) is 5.88. The third-order valence-electron chi connectivity index (χ3n) is 3.56. The third kappa shape index (κ3) is 3.70. The van der Waals surface area contributed by atoms with E-state index in [1.54, 1.807) is 4.90 Å². The number of esters is 1. The van der Waals surface area contributed by atoms with E-state index in [9.17, 15) is 18.0 Å². The van der Waals surface area contributed by atoms with Gasteiger partial charge in [0.2, 0.25) is 0 Å². The number of carbonyl (C=O) groups is 1. The van der Waals surface area contributed by atoms with Crippen LogP contribution in [0, 0.1) is 5.92 Å². The maximum atomic E-state index is 13.1. The third-order valence-corrected chi connectivity index (χ3v) is 4.06. The van der Waals surface area contributed by atoms with E-state index < -0.39 is 11.7 Å². The van der Waals surface area contributed by atoms with Gasteiger partial charge in [0.05, 0.1) is 24.3 Å². The molecule has 1 atom stereocenters. The fourth-order valence-corrected chi connectivity index (χ4v) is 2.91. The van der Waals surface area contributed by atoms with Crippen molar-refractivity contribution in [3.05, 3.63) is 28.2 Å². The maximum Gasteiger partial charge on any atom is 0.418 e. The lowest BCUT2D eigenvalue weighted by Crippen LogP contribution is -2.40. The number of anilines is 1. The van der Waals surface area contributed by atoms with E-state index in [-0.39, 0.29) is 24.1 Å². The topological polar surface area (TPSA) is 29.5 Å². The SMILES string of the molecule is COC(=O)C1CCCN(c2cc(Br)ccc2C(F)(F)F)C1. The first-order chi connectivity index (χ1) is 9.82. The highest BCUT2D eigenvalue weighted by Crippen LogP contribution is 2.39. The van der Waals surface area contributed by atoms with Crippen molar-refractivity contribution in [2.45, 2.75) is 19.0 Å². The summed E-state index contributed by atoms with van der Waals surface area (Å²) in [5.41, 5.74) is -0.582. The number of hydrogen-bond acceptors (Lipinski definition) is 3. The van der Waals surface area contributed by atoms with Gasteiger partial charge >= 0.3 is 12.1 Å². The minimum absolute atomic E-state index is 0.102. The van der Waals surface area contributed by atoms with Gasteiger partial charge in [-0.25, -0.2) is 0 Å². The molecule has 1 fully saturated rings. The Morgan fingerprint density at radius 2 is 2.14 bits per heavy atom. The van der Waals surface area contributed by atoms with E-state index >= 15 is 0 Å². The number of methoxy groups -OCH3 is 1. The molecule has 0 aliphatic carbocycles. The number of benzene rings is 1.